The molecule has 8 aromatic carbocycles. The lowest BCUT2D eigenvalue weighted by Crippen LogP contribution is -2.30. The summed E-state index contributed by atoms with van der Waals surface area (Å²) < 4.78 is 51.5. The normalized spacial score (nSPS) is 17.8. The van der Waals surface area contributed by atoms with Crippen molar-refractivity contribution in [2.45, 2.75) is 119 Å². The van der Waals surface area contributed by atoms with Crippen LogP contribution in [-0.4, -0.2) is 122 Å². The average Bonchev–Trinajstić information content (AvgIpc) is 1.62. The van der Waals surface area contributed by atoms with Gasteiger partial charge in [-0.05, 0) is 169 Å². The third kappa shape index (κ3) is 19.4. The smallest absolute Gasteiger partial charge is 0.416 e. The summed E-state index contributed by atoms with van der Waals surface area (Å²) in [5.41, 5.74) is 9.90. The van der Waals surface area contributed by atoms with Gasteiger partial charge >= 0.3 is 29.8 Å². The van der Waals surface area contributed by atoms with E-state index in [9.17, 15) is 72.0 Å². The number of hydrogen-bond donors (Lipinski definition) is 4. The van der Waals surface area contributed by atoms with Gasteiger partial charge in [-0.1, -0.05) is 207 Å². The van der Waals surface area contributed by atoms with Crippen molar-refractivity contribution < 1.29 is 81.4 Å². The fraction of sp³-hybridized carbons (Fsp3) is 0.200. The molecule has 4 unspecified atom stereocenters. The van der Waals surface area contributed by atoms with E-state index in [1.807, 2.05) is 101 Å². The maximum absolute atomic E-state index is 13.4. The molecule has 0 aliphatic carbocycles. The van der Waals surface area contributed by atoms with E-state index in [1.165, 1.54) is 40.0 Å². The first-order valence-corrected chi connectivity index (χ1v) is 41.0. The van der Waals surface area contributed by atoms with Gasteiger partial charge in [0.2, 0.25) is 0 Å². The predicted molar refractivity (Wildman–Crippen MR) is 478 cm³/mol. The number of halogens is 3. The van der Waals surface area contributed by atoms with Crippen LogP contribution in [0.15, 0.2) is 265 Å². The molecule has 129 heavy (non-hydrogen) atoms. The van der Waals surface area contributed by atoms with Gasteiger partial charge in [0.1, 0.15) is 40.6 Å². The van der Waals surface area contributed by atoms with Crippen LogP contribution in [0.4, 0.5) is 36.4 Å². The molecule has 12 aromatic rings. The fourth-order valence-corrected chi connectivity index (χ4v) is 14.9. The van der Waals surface area contributed by atoms with Crippen LogP contribution < -0.4 is 29.1 Å². The van der Waals surface area contributed by atoms with E-state index in [2.05, 4.69) is 54.6 Å². The number of para-hydroxylation sites is 1. The number of anilines is 4. The number of aliphatic hydroxyl groups excluding tert-OH is 4. The molecule has 0 saturated carbocycles. The zero-order chi connectivity index (χ0) is 92.6. The van der Waals surface area contributed by atoms with Crippen LogP contribution in [0, 0.1) is 55.4 Å². The summed E-state index contributed by atoms with van der Waals surface area (Å²) in [5.74, 6) is -5.80. The number of ether oxygens (including phenoxy) is 2. The van der Waals surface area contributed by atoms with Crippen molar-refractivity contribution in [1.29, 1.82) is 0 Å². The zero-order valence-corrected chi connectivity index (χ0v) is 72.3. The minimum absolute atomic E-state index is 0.0000571. The Bertz CT molecular complexity index is 6450. The molecule has 16 rings (SSSR count). The van der Waals surface area contributed by atoms with Crippen molar-refractivity contribution in [3.63, 3.8) is 0 Å². The molecular weight excluding hydrogens is 1650 g/mol. The minimum atomic E-state index is -4.64. The fourth-order valence-electron chi connectivity index (χ4n) is 14.9. The van der Waals surface area contributed by atoms with Crippen molar-refractivity contribution in [2.24, 2.45) is 0 Å². The quantitative estimate of drug-likeness (QED) is 0.0374. The number of hydrogen-bond acceptors (Lipinski definition) is 22. The number of Topliss-reactive ketones (excluding diaryl/α,β-unsaturated/α-hetero) is 4. The summed E-state index contributed by atoms with van der Waals surface area (Å²) in [5, 5.41) is 76.8. The zero-order valence-electron chi connectivity index (χ0n) is 72.3. The molecule has 8 heterocycles. The highest BCUT2D eigenvalue weighted by atomic mass is 19.4. The van der Waals surface area contributed by atoms with Crippen LogP contribution in [0.1, 0.15) is 158 Å². The summed E-state index contributed by atoms with van der Waals surface area (Å²) in [6.45, 7) is 21.4. The highest BCUT2D eigenvalue weighted by molar-refractivity contribution is 6.54. The van der Waals surface area contributed by atoms with E-state index < -0.39 is 88.4 Å². The van der Waals surface area contributed by atoms with E-state index in [-0.39, 0.29) is 79.9 Å². The number of carbonyl (C=O) groups is 8. The Balaban J connectivity index is 0.000000147. The number of ketones is 4. The van der Waals surface area contributed by atoms with Crippen LogP contribution in [0.3, 0.4) is 0 Å². The monoisotopic (exact) mass is 1740 g/mol. The van der Waals surface area contributed by atoms with E-state index in [0.717, 1.165) is 56.8 Å². The van der Waals surface area contributed by atoms with Crippen molar-refractivity contribution in [1.82, 2.24) is 40.8 Å². The van der Waals surface area contributed by atoms with Crippen molar-refractivity contribution in [3.8, 4) is 11.5 Å². The molecule has 0 bridgehead atoms. The van der Waals surface area contributed by atoms with Crippen LogP contribution >= 0.6 is 0 Å². The molecule has 4 N–H and O–H groups in total. The average molecular weight is 1740 g/mol. The molecule has 4 amide bonds. The number of alkyl halides is 3. The Hall–Kier alpha value is -15.8. The van der Waals surface area contributed by atoms with Crippen molar-refractivity contribution >= 4 is 93.1 Å². The van der Waals surface area contributed by atoms with Gasteiger partial charge < -0.3 is 29.9 Å². The van der Waals surface area contributed by atoms with E-state index in [1.54, 1.807) is 173 Å². The molecule has 654 valence electrons. The summed E-state index contributed by atoms with van der Waals surface area (Å²) in [7, 11) is 1.51. The first-order valence-electron chi connectivity index (χ1n) is 41.0. The molecule has 4 fully saturated rings. The number of aryl methyl sites for hydroxylation is 8. The maximum Gasteiger partial charge on any atom is 0.416 e. The maximum atomic E-state index is 13.4. The minimum Gasteiger partial charge on any atom is -0.507 e. The highest BCUT2D eigenvalue weighted by Crippen LogP contribution is 2.49. The summed E-state index contributed by atoms with van der Waals surface area (Å²) >= 11 is 0. The molecule has 4 saturated heterocycles. The van der Waals surface area contributed by atoms with E-state index >= 15 is 0 Å². The molecule has 4 aromatic heterocycles. The topological polar surface area (TPSA) is 352 Å². The predicted octanol–water partition coefficient (Wildman–Crippen LogP) is 17.8. The number of nitrogens with zero attached hydrogens (tertiary/aromatic N) is 12. The molecule has 29 heteroatoms. The molecule has 0 spiro atoms. The second-order valence-electron chi connectivity index (χ2n) is 31.4. The summed E-state index contributed by atoms with van der Waals surface area (Å²) in [4.78, 5) is 110. The second-order valence-corrected chi connectivity index (χ2v) is 31.4. The molecule has 26 nitrogen and oxygen atoms in total. The van der Waals surface area contributed by atoms with Crippen LogP contribution in [0.2, 0.25) is 0 Å². The number of benzene rings is 8. The van der Waals surface area contributed by atoms with E-state index in [4.69, 9.17) is 9.47 Å². The largest absolute Gasteiger partial charge is 0.507 e. The summed E-state index contributed by atoms with van der Waals surface area (Å²) in [6, 6.07) is 63.4. The molecule has 4 atom stereocenters. The third-order valence-corrected chi connectivity index (χ3v) is 21.7. The van der Waals surface area contributed by atoms with E-state index in [0.29, 0.717) is 68.7 Å². The van der Waals surface area contributed by atoms with Gasteiger partial charge in [0.05, 0.1) is 82.5 Å². The van der Waals surface area contributed by atoms with Gasteiger partial charge in [-0.3, -0.25) is 58.0 Å². The SMILES string of the molecule is CCCOc1cccc(C2C(=C(O)c3ccc(C)cc3)C(=O)C(=O)N2c2ccc(C)nn2)c1.COc1ccccc1C1C(=C(O)c2ccc(C)cc2)C(=O)C(=O)N1c1ccc(C)nn1.Cc1ccc(C(O)=C2C(=O)C(=O)N(c3ccc(C)nn3)C2c2cccc(C(C)C)c2)cc1.Cc1ccc(C(O)=C2C(=O)C(=O)N(c3ccc(C)nn3)C2c2cccc(C(F)(F)F)c2)cc1. The van der Waals surface area contributed by atoms with Gasteiger partial charge in [-0.2, -0.15) is 33.6 Å². The number of rotatable bonds is 17. The van der Waals surface area contributed by atoms with Gasteiger partial charge in [0, 0.05) is 27.8 Å². The second kappa shape index (κ2) is 38.8. The molecule has 0 radical (unpaired) electrons. The first-order chi connectivity index (χ1) is 61.7. The van der Waals surface area contributed by atoms with Crippen LogP contribution in [0.5, 0.6) is 11.5 Å². The number of carbonyl (C=O) groups excluding carboxylic acids is 8. The van der Waals surface area contributed by atoms with Crippen LogP contribution in [-0.2, 0) is 44.5 Å². The summed E-state index contributed by atoms with van der Waals surface area (Å²) in [6.07, 6.45) is -3.80. The van der Waals surface area contributed by atoms with Gasteiger partial charge in [0.25, 0.3) is 23.1 Å². The Morgan fingerprint density at radius 1 is 0.364 bits per heavy atom. The van der Waals surface area contributed by atoms with Crippen LogP contribution in [0.25, 0.3) is 23.0 Å². The Kier molecular flexibility index (Phi) is 27.3. The van der Waals surface area contributed by atoms with Gasteiger partial charge in [-0.25, -0.2) is 0 Å². The lowest BCUT2D eigenvalue weighted by atomic mass is 9.92. The number of methoxy groups -OCH3 is 1. The van der Waals surface area contributed by atoms with Crippen molar-refractivity contribution in [3.05, 3.63) is 366 Å². The lowest BCUT2D eigenvalue weighted by molar-refractivity contribution is -0.137. The number of aromatic nitrogens is 8. The molecule has 4 aliphatic rings. The van der Waals surface area contributed by atoms with Gasteiger partial charge in [-0.15, -0.1) is 20.4 Å². The standard InChI is InChI=1S/C26H25N3O4.C26H25N3O3.C24H18F3N3O3.C24H21N3O4/c1-4-14-33-20-7-5-6-19(15-20)23-22(24(30)18-11-8-16(2)9-12-18)25(31)26(32)29(23)21-13-10-17(3)27-28-21;1-15(2)19-6-5-7-20(14-19)23-22(24(30)18-11-8-16(3)9-12-18)25(31)26(32)29(23)21-13-10-17(4)27-28-21;1-13-6-9-15(10-7-13)21(31)19-20(16-4-3-5-17(12-16)24(25,26)27)30(23(33)22(19)32)18-11-8-14(2)28-29-18;1-14-8-11-16(12-9-14)22(28)20-21(17-6-4-5-7-18(17)31-3)27(24(30)23(20)29)19-13-10-15(2)25-26-19/h5-13,15,23,30H,4,14H2,1-3H3;5-15,23,30H,1-4H3;3-12,20,31H,1-2H3;4-13,21,28H,1-3H3. The van der Waals surface area contributed by atoms with Gasteiger partial charge in [0.15, 0.2) is 23.3 Å². The highest BCUT2D eigenvalue weighted by Gasteiger charge is 2.53. The Labute approximate surface area is 740 Å². The molecular formula is C100H89F3N12O14. The lowest BCUT2D eigenvalue weighted by Gasteiger charge is -2.25. The first kappa shape index (κ1) is 90.9. The number of aliphatic hydroxyl groups is 4. The Morgan fingerprint density at radius 2 is 0.674 bits per heavy atom. The molecule has 4 aliphatic heterocycles. The Morgan fingerprint density at radius 3 is 0.992 bits per heavy atom. The number of amides is 4. The third-order valence-electron chi connectivity index (χ3n) is 21.7. The van der Waals surface area contributed by atoms with Crippen molar-refractivity contribution in [2.75, 3.05) is 33.3 Å².